The Kier molecular flexibility index (Phi) is 3.31. The number of nitrogens with one attached hydrogen (secondary N) is 1. The molecule has 1 unspecified atom stereocenters. The van der Waals surface area contributed by atoms with Crippen LogP contribution in [0, 0.1) is 13.8 Å². The second-order valence-corrected chi connectivity index (χ2v) is 5.16. The van der Waals surface area contributed by atoms with E-state index in [0.29, 0.717) is 11.3 Å². The Hall–Kier alpha value is -2.46. The van der Waals surface area contributed by atoms with Gasteiger partial charge in [0.1, 0.15) is 0 Å². The SMILES string of the molecule is Cc1cccc(C(O)(c2cccnc2)c2cnc[nH]2)c1C. The van der Waals surface area contributed by atoms with Crippen LogP contribution in [0.1, 0.15) is 27.9 Å². The van der Waals surface area contributed by atoms with Gasteiger partial charge in [-0.3, -0.25) is 4.98 Å². The van der Waals surface area contributed by atoms with Crippen molar-refractivity contribution in [2.75, 3.05) is 0 Å². The van der Waals surface area contributed by atoms with E-state index in [9.17, 15) is 5.11 Å². The lowest BCUT2D eigenvalue weighted by molar-refractivity contribution is 0.120. The smallest absolute Gasteiger partial charge is 0.158 e. The molecule has 1 atom stereocenters. The molecule has 0 aliphatic carbocycles. The first-order valence-electron chi connectivity index (χ1n) is 6.82. The van der Waals surface area contributed by atoms with Crippen LogP contribution in [0.15, 0.2) is 55.2 Å². The van der Waals surface area contributed by atoms with E-state index in [1.807, 2.05) is 44.2 Å². The van der Waals surface area contributed by atoms with Crippen LogP contribution in [0.5, 0.6) is 0 Å². The molecule has 2 N–H and O–H groups in total. The van der Waals surface area contributed by atoms with Crippen molar-refractivity contribution in [3.63, 3.8) is 0 Å². The van der Waals surface area contributed by atoms with Gasteiger partial charge in [0.2, 0.25) is 0 Å². The van der Waals surface area contributed by atoms with E-state index in [1.54, 1.807) is 24.9 Å². The Labute approximate surface area is 123 Å². The van der Waals surface area contributed by atoms with E-state index in [1.165, 1.54) is 0 Å². The quantitative estimate of drug-likeness (QED) is 0.775. The highest BCUT2D eigenvalue weighted by molar-refractivity contribution is 5.48. The number of pyridine rings is 1. The summed E-state index contributed by atoms with van der Waals surface area (Å²) in [6.07, 6.45) is 6.60. The van der Waals surface area contributed by atoms with Gasteiger partial charge in [-0.1, -0.05) is 24.3 Å². The molecule has 0 fully saturated rings. The average Bonchev–Trinajstić information content (AvgIpc) is 3.05. The maximum Gasteiger partial charge on any atom is 0.158 e. The molecule has 4 heteroatoms. The standard InChI is InChI=1S/C17H17N3O/c1-12-5-3-7-15(13(12)2)17(21,16-10-19-11-20-16)14-6-4-8-18-9-14/h3-11,21H,1-2H3,(H,19,20). The molecule has 0 amide bonds. The van der Waals surface area contributed by atoms with Crippen LogP contribution in [0.2, 0.25) is 0 Å². The van der Waals surface area contributed by atoms with Crippen LogP contribution >= 0.6 is 0 Å². The third-order valence-corrected chi connectivity index (χ3v) is 3.96. The Bertz CT molecular complexity index is 738. The van der Waals surface area contributed by atoms with Gasteiger partial charge in [0, 0.05) is 18.0 Å². The fraction of sp³-hybridized carbons (Fsp3) is 0.176. The number of aromatic nitrogens is 3. The first kappa shape index (κ1) is 13.5. The van der Waals surface area contributed by atoms with Crippen molar-refractivity contribution in [3.05, 3.63) is 83.2 Å². The molecule has 0 saturated heterocycles. The van der Waals surface area contributed by atoms with E-state index in [4.69, 9.17) is 0 Å². The summed E-state index contributed by atoms with van der Waals surface area (Å²) < 4.78 is 0. The summed E-state index contributed by atoms with van der Waals surface area (Å²) in [5.41, 5.74) is 3.07. The second-order valence-electron chi connectivity index (χ2n) is 5.16. The summed E-state index contributed by atoms with van der Waals surface area (Å²) in [5, 5.41) is 11.5. The van der Waals surface area contributed by atoms with Crippen molar-refractivity contribution in [1.29, 1.82) is 0 Å². The first-order chi connectivity index (χ1) is 10.1. The van der Waals surface area contributed by atoms with Crippen LogP contribution in [0.3, 0.4) is 0 Å². The summed E-state index contributed by atoms with van der Waals surface area (Å²) in [4.78, 5) is 11.2. The number of hydrogen-bond donors (Lipinski definition) is 2. The Morgan fingerprint density at radius 3 is 2.57 bits per heavy atom. The molecule has 3 aromatic rings. The molecule has 0 bridgehead atoms. The van der Waals surface area contributed by atoms with Gasteiger partial charge in [-0.05, 0) is 36.6 Å². The minimum Gasteiger partial charge on any atom is -0.374 e. The van der Waals surface area contributed by atoms with Crippen LogP contribution in [0.4, 0.5) is 0 Å². The van der Waals surface area contributed by atoms with Gasteiger partial charge >= 0.3 is 0 Å². The van der Waals surface area contributed by atoms with Gasteiger partial charge in [0.25, 0.3) is 0 Å². The summed E-state index contributed by atoms with van der Waals surface area (Å²) in [7, 11) is 0. The molecular formula is C17H17N3O. The number of aliphatic hydroxyl groups is 1. The van der Waals surface area contributed by atoms with Crippen molar-refractivity contribution in [2.45, 2.75) is 19.4 Å². The van der Waals surface area contributed by atoms with Gasteiger partial charge in [0.15, 0.2) is 5.60 Å². The maximum atomic E-state index is 11.5. The zero-order valence-corrected chi connectivity index (χ0v) is 12.0. The first-order valence-corrected chi connectivity index (χ1v) is 6.82. The Morgan fingerprint density at radius 1 is 1.05 bits per heavy atom. The predicted octanol–water partition coefficient (Wildman–Crippen LogP) is 2.71. The fourth-order valence-corrected chi connectivity index (χ4v) is 2.63. The lowest BCUT2D eigenvalue weighted by atomic mass is 9.81. The monoisotopic (exact) mass is 279 g/mol. The highest BCUT2D eigenvalue weighted by atomic mass is 16.3. The number of aryl methyl sites for hydroxylation is 1. The molecule has 3 rings (SSSR count). The average molecular weight is 279 g/mol. The summed E-state index contributed by atoms with van der Waals surface area (Å²) in [6.45, 7) is 4.05. The molecule has 0 spiro atoms. The number of H-pyrrole nitrogens is 1. The minimum atomic E-state index is -1.29. The second kappa shape index (κ2) is 5.14. The molecule has 0 aliphatic rings. The number of hydrogen-bond acceptors (Lipinski definition) is 3. The van der Waals surface area contributed by atoms with E-state index >= 15 is 0 Å². The van der Waals surface area contributed by atoms with Gasteiger partial charge in [0.05, 0.1) is 18.2 Å². The molecule has 4 nitrogen and oxygen atoms in total. The third kappa shape index (κ3) is 2.14. The van der Waals surface area contributed by atoms with Crippen LogP contribution < -0.4 is 0 Å². The minimum absolute atomic E-state index is 0.629. The molecule has 1 aromatic carbocycles. The van der Waals surface area contributed by atoms with Gasteiger partial charge in [-0.25, -0.2) is 4.98 Å². The van der Waals surface area contributed by atoms with Crippen molar-refractivity contribution >= 4 is 0 Å². The Balaban J connectivity index is 2.30. The van der Waals surface area contributed by atoms with Gasteiger partial charge in [-0.2, -0.15) is 0 Å². The number of imidazole rings is 1. The van der Waals surface area contributed by atoms with Crippen LogP contribution in [0.25, 0.3) is 0 Å². The van der Waals surface area contributed by atoms with Crippen LogP contribution in [-0.2, 0) is 5.60 Å². The topological polar surface area (TPSA) is 61.8 Å². The highest BCUT2D eigenvalue weighted by Gasteiger charge is 2.36. The van der Waals surface area contributed by atoms with Crippen molar-refractivity contribution in [3.8, 4) is 0 Å². The highest BCUT2D eigenvalue weighted by Crippen LogP contribution is 2.37. The van der Waals surface area contributed by atoms with E-state index < -0.39 is 5.60 Å². The lowest BCUT2D eigenvalue weighted by Gasteiger charge is -2.29. The summed E-state index contributed by atoms with van der Waals surface area (Å²) in [5.74, 6) is 0. The number of aromatic amines is 1. The largest absolute Gasteiger partial charge is 0.374 e. The third-order valence-electron chi connectivity index (χ3n) is 3.96. The predicted molar refractivity (Wildman–Crippen MR) is 80.8 cm³/mol. The molecule has 0 aliphatic heterocycles. The Morgan fingerprint density at radius 2 is 1.90 bits per heavy atom. The molecule has 2 heterocycles. The fourth-order valence-electron chi connectivity index (χ4n) is 2.63. The molecule has 0 radical (unpaired) electrons. The van der Waals surface area contributed by atoms with Crippen LogP contribution in [-0.4, -0.2) is 20.1 Å². The summed E-state index contributed by atoms with van der Waals surface area (Å²) in [6, 6.07) is 9.62. The molecule has 0 saturated carbocycles. The van der Waals surface area contributed by atoms with Crippen molar-refractivity contribution in [2.24, 2.45) is 0 Å². The molecule has 2 aromatic heterocycles. The number of nitrogens with zero attached hydrogens (tertiary/aromatic N) is 2. The van der Waals surface area contributed by atoms with Crippen molar-refractivity contribution in [1.82, 2.24) is 15.0 Å². The number of rotatable bonds is 3. The van der Waals surface area contributed by atoms with E-state index in [-0.39, 0.29) is 0 Å². The van der Waals surface area contributed by atoms with Crippen molar-refractivity contribution < 1.29 is 5.11 Å². The van der Waals surface area contributed by atoms with E-state index in [0.717, 1.165) is 16.7 Å². The molecule has 106 valence electrons. The summed E-state index contributed by atoms with van der Waals surface area (Å²) >= 11 is 0. The van der Waals surface area contributed by atoms with Gasteiger partial charge in [-0.15, -0.1) is 0 Å². The normalized spacial score (nSPS) is 13.9. The molecular weight excluding hydrogens is 262 g/mol. The zero-order chi connectivity index (χ0) is 14.9. The van der Waals surface area contributed by atoms with Gasteiger partial charge < -0.3 is 10.1 Å². The number of benzene rings is 1. The lowest BCUT2D eigenvalue weighted by Crippen LogP contribution is -2.30. The molecule has 21 heavy (non-hydrogen) atoms. The van der Waals surface area contributed by atoms with E-state index in [2.05, 4.69) is 15.0 Å². The zero-order valence-electron chi connectivity index (χ0n) is 12.0. The maximum absolute atomic E-state index is 11.5.